The molecule has 0 aliphatic carbocycles. The van der Waals surface area contributed by atoms with Crippen LogP contribution in [0.5, 0.6) is 5.75 Å². The monoisotopic (exact) mass is 308 g/mol. The normalized spacial score (nSPS) is 15.7. The molecule has 0 fully saturated rings. The highest BCUT2D eigenvalue weighted by Crippen LogP contribution is 2.29. The van der Waals surface area contributed by atoms with Crippen LogP contribution < -0.4 is 4.74 Å². The average Bonchev–Trinajstić information content (AvgIpc) is 2.60. The molecule has 5 heteroatoms. The first-order valence-electron chi connectivity index (χ1n) is 7.05. The van der Waals surface area contributed by atoms with Gasteiger partial charge in [-0.15, -0.1) is 0 Å². The first-order valence-corrected chi connectivity index (χ1v) is 7.05. The lowest BCUT2D eigenvalue weighted by atomic mass is 9.97. The number of nitrogens with zero attached hydrogens (tertiary/aromatic N) is 2. The summed E-state index contributed by atoms with van der Waals surface area (Å²) in [7, 11) is 0. The summed E-state index contributed by atoms with van der Waals surface area (Å²) >= 11 is 0. The first kappa shape index (κ1) is 14.8. The molecule has 0 radical (unpaired) electrons. The fraction of sp³-hybridized carbons (Fsp3) is 0.111. The van der Waals surface area contributed by atoms with E-state index in [0.29, 0.717) is 5.75 Å². The van der Waals surface area contributed by atoms with Gasteiger partial charge in [-0.2, -0.15) is 5.26 Å². The fourth-order valence-electron chi connectivity index (χ4n) is 2.42. The Morgan fingerprint density at radius 2 is 1.96 bits per heavy atom. The van der Waals surface area contributed by atoms with Crippen LogP contribution in [-0.2, 0) is 4.79 Å². The first-order chi connectivity index (χ1) is 11.2. The zero-order valence-corrected chi connectivity index (χ0v) is 12.1. The number of amides is 1. The predicted octanol–water partition coefficient (Wildman–Crippen LogP) is 3.28. The molecule has 0 saturated carbocycles. The molecule has 2 aromatic rings. The van der Waals surface area contributed by atoms with E-state index in [0.717, 1.165) is 11.1 Å². The molecule has 1 aliphatic heterocycles. The zero-order chi connectivity index (χ0) is 16.2. The van der Waals surface area contributed by atoms with E-state index in [1.807, 2.05) is 24.3 Å². The summed E-state index contributed by atoms with van der Waals surface area (Å²) in [4.78, 5) is 13.7. The lowest BCUT2D eigenvalue weighted by molar-refractivity contribution is -0.131. The van der Waals surface area contributed by atoms with Gasteiger partial charge < -0.3 is 4.74 Å². The molecule has 0 saturated heterocycles. The van der Waals surface area contributed by atoms with Crippen LogP contribution in [-0.4, -0.2) is 17.4 Å². The minimum Gasteiger partial charge on any atom is -0.484 e. The Morgan fingerprint density at radius 1 is 1.22 bits per heavy atom. The van der Waals surface area contributed by atoms with Crippen LogP contribution in [0.4, 0.5) is 4.39 Å². The van der Waals surface area contributed by atoms with Crippen molar-refractivity contribution in [2.45, 2.75) is 6.04 Å². The summed E-state index contributed by atoms with van der Waals surface area (Å²) in [6.45, 7) is -0.226. The van der Waals surface area contributed by atoms with E-state index in [9.17, 15) is 14.4 Å². The van der Waals surface area contributed by atoms with Crippen LogP contribution in [0.25, 0.3) is 6.08 Å². The average molecular weight is 308 g/mol. The number of halogens is 1. The highest BCUT2D eigenvalue weighted by Gasteiger charge is 2.27. The number of hydrogen-bond acceptors (Lipinski definition) is 3. The van der Waals surface area contributed by atoms with Gasteiger partial charge in [0.05, 0.1) is 6.07 Å². The second-order valence-corrected chi connectivity index (χ2v) is 5.02. The highest BCUT2D eigenvalue weighted by molar-refractivity contribution is 5.82. The topological polar surface area (TPSA) is 53.3 Å². The Morgan fingerprint density at radius 3 is 2.70 bits per heavy atom. The Balaban J connectivity index is 1.73. The summed E-state index contributed by atoms with van der Waals surface area (Å²) in [6, 6.07) is 14.3. The van der Waals surface area contributed by atoms with Crippen LogP contribution in [0.1, 0.15) is 17.2 Å². The third kappa shape index (κ3) is 3.06. The Kier molecular flexibility index (Phi) is 4.07. The number of fused-ring (bicyclic) bond motifs is 1. The number of carbonyl (C=O) groups excluding carboxylic acids is 1. The number of nitriles is 1. The van der Waals surface area contributed by atoms with Gasteiger partial charge in [-0.25, -0.2) is 4.39 Å². The van der Waals surface area contributed by atoms with Gasteiger partial charge in [0.15, 0.2) is 6.61 Å². The van der Waals surface area contributed by atoms with E-state index >= 15 is 0 Å². The molecule has 1 unspecified atom stereocenters. The lowest BCUT2D eigenvalue weighted by Gasteiger charge is -2.28. The minimum atomic E-state index is -0.680. The molecule has 2 aromatic carbocycles. The van der Waals surface area contributed by atoms with Crippen molar-refractivity contribution in [2.24, 2.45) is 0 Å². The maximum atomic E-state index is 12.8. The summed E-state index contributed by atoms with van der Waals surface area (Å²) in [5.41, 5.74) is 1.70. The maximum absolute atomic E-state index is 12.8. The smallest absolute Gasteiger partial charge is 0.265 e. The molecule has 1 amide bonds. The van der Waals surface area contributed by atoms with Crippen LogP contribution in [0.3, 0.4) is 0 Å². The predicted molar refractivity (Wildman–Crippen MR) is 82.6 cm³/mol. The molecule has 1 heterocycles. The standard InChI is InChI=1S/C18H13FN2O2/c19-14-5-7-15(8-6-14)23-12-18(22)21-10-9-13-3-1-2-4-16(13)17(21)11-20/h1-10,17H,12H2. The van der Waals surface area contributed by atoms with E-state index in [-0.39, 0.29) is 18.3 Å². The molecular weight excluding hydrogens is 295 g/mol. The Hall–Kier alpha value is -3.13. The summed E-state index contributed by atoms with van der Waals surface area (Å²) in [6.07, 6.45) is 3.38. The van der Waals surface area contributed by atoms with E-state index in [1.165, 1.54) is 29.2 Å². The van der Waals surface area contributed by atoms with Gasteiger partial charge in [0, 0.05) is 6.20 Å². The molecule has 1 atom stereocenters. The second kappa shape index (κ2) is 6.32. The molecule has 0 spiro atoms. The summed E-state index contributed by atoms with van der Waals surface area (Å²) < 4.78 is 18.2. The van der Waals surface area contributed by atoms with Gasteiger partial charge in [0.2, 0.25) is 0 Å². The lowest BCUT2D eigenvalue weighted by Crippen LogP contribution is -2.35. The molecular formula is C18H13FN2O2. The van der Waals surface area contributed by atoms with Crippen LogP contribution in [0.15, 0.2) is 54.7 Å². The second-order valence-electron chi connectivity index (χ2n) is 5.02. The number of carbonyl (C=O) groups is 1. The van der Waals surface area contributed by atoms with Crippen molar-refractivity contribution in [3.05, 3.63) is 71.7 Å². The Labute approximate surface area is 133 Å². The van der Waals surface area contributed by atoms with Crippen molar-refractivity contribution in [1.82, 2.24) is 4.90 Å². The van der Waals surface area contributed by atoms with E-state index in [2.05, 4.69) is 6.07 Å². The molecule has 0 N–H and O–H groups in total. The number of hydrogen-bond donors (Lipinski definition) is 0. The van der Waals surface area contributed by atoms with Gasteiger partial charge >= 0.3 is 0 Å². The molecule has 3 rings (SSSR count). The van der Waals surface area contributed by atoms with Crippen LogP contribution >= 0.6 is 0 Å². The third-order valence-electron chi connectivity index (χ3n) is 3.57. The van der Waals surface area contributed by atoms with Crippen molar-refractivity contribution in [3.8, 4) is 11.8 Å². The molecule has 23 heavy (non-hydrogen) atoms. The SMILES string of the molecule is N#CC1c2ccccc2C=CN1C(=O)COc1ccc(F)cc1. The van der Waals surface area contributed by atoms with Crippen molar-refractivity contribution < 1.29 is 13.9 Å². The molecule has 0 bridgehead atoms. The number of benzene rings is 2. The fourth-order valence-corrected chi connectivity index (χ4v) is 2.42. The maximum Gasteiger partial charge on any atom is 0.265 e. The van der Waals surface area contributed by atoms with E-state index in [1.54, 1.807) is 12.3 Å². The number of rotatable bonds is 3. The van der Waals surface area contributed by atoms with Gasteiger partial charge in [-0.05, 0) is 41.5 Å². The minimum absolute atomic E-state index is 0.226. The molecule has 114 valence electrons. The summed E-state index contributed by atoms with van der Waals surface area (Å²) in [5.74, 6) is -0.315. The molecule has 0 aromatic heterocycles. The quantitative estimate of drug-likeness (QED) is 0.874. The third-order valence-corrected chi connectivity index (χ3v) is 3.57. The largest absolute Gasteiger partial charge is 0.484 e. The highest BCUT2D eigenvalue weighted by atomic mass is 19.1. The Bertz CT molecular complexity index is 793. The number of ether oxygens (including phenoxy) is 1. The van der Waals surface area contributed by atoms with Crippen molar-refractivity contribution in [2.75, 3.05) is 6.61 Å². The van der Waals surface area contributed by atoms with Gasteiger partial charge in [-0.3, -0.25) is 9.69 Å². The van der Waals surface area contributed by atoms with E-state index < -0.39 is 6.04 Å². The van der Waals surface area contributed by atoms with Crippen molar-refractivity contribution >= 4 is 12.0 Å². The van der Waals surface area contributed by atoms with E-state index in [4.69, 9.17) is 4.74 Å². The van der Waals surface area contributed by atoms with Crippen LogP contribution in [0, 0.1) is 17.1 Å². The molecule has 4 nitrogen and oxygen atoms in total. The van der Waals surface area contributed by atoms with Crippen molar-refractivity contribution in [3.63, 3.8) is 0 Å². The van der Waals surface area contributed by atoms with Crippen molar-refractivity contribution in [1.29, 1.82) is 5.26 Å². The van der Waals surface area contributed by atoms with Gasteiger partial charge in [0.25, 0.3) is 5.91 Å². The zero-order valence-electron chi connectivity index (χ0n) is 12.1. The molecule has 1 aliphatic rings. The summed E-state index contributed by atoms with van der Waals surface area (Å²) in [5, 5.41) is 9.41. The van der Waals surface area contributed by atoms with Gasteiger partial charge in [-0.1, -0.05) is 24.3 Å². The van der Waals surface area contributed by atoms with Gasteiger partial charge in [0.1, 0.15) is 17.6 Å². The van der Waals surface area contributed by atoms with Crippen LogP contribution in [0.2, 0.25) is 0 Å².